The average Bonchev–Trinajstić information content (AvgIpc) is 3.81. The number of hydrogen-bond donors (Lipinski definition) is 23. The van der Waals surface area contributed by atoms with Gasteiger partial charge in [0.2, 0.25) is 53.2 Å². The van der Waals surface area contributed by atoms with Crippen molar-refractivity contribution in [2.24, 2.45) is 62.3 Å². The topological polar surface area (TPSA) is 633 Å². The fraction of sp³-hybridized carbons (Fsp3) is 0.692. The Hall–Kier alpha value is -7.48. The molecule has 0 aliphatic heterocycles. The largest absolute Gasteiger partial charge is 0.389 e. The van der Waals surface area contributed by atoms with Crippen LogP contribution in [0.1, 0.15) is 103 Å². The third kappa shape index (κ3) is 31.7. The Morgan fingerprint density at radius 1 is 0.563 bits per heavy atom. The highest BCUT2D eigenvalue weighted by Crippen LogP contribution is 2.10. The van der Waals surface area contributed by atoms with Crippen molar-refractivity contribution in [2.45, 2.75) is 164 Å². The Bertz CT molecular complexity index is 2330. The van der Waals surface area contributed by atoms with Crippen LogP contribution < -0.4 is 111 Å². The minimum absolute atomic E-state index is 0.00243. The van der Waals surface area contributed by atoms with Gasteiger partial charge < -0.3 is 126 Å². The van der Waals surface area contributed by atoms with Gasteiger partial charge in [-0.2, -0.15) is 0 Å². The minimum Gasteiger partial charge on any atom is -0.389 e. The number of aliphatic hydroxyl groups is 2. The van der Waals surface area contributed by atoms with Gasteiger partial charge in [-0.05, 0) is 123 Å². The van der Waals surface area contributed by atoms with Gasteiger partial charge in [0, 0.05) is 44.5 Å². The number of amides is 10. The van der Waals surface area contributed by atoms with Gasteiger partial charge in [-0.15, -0.1) is 0 Å². The number of guanidine groups is 1. The van der Waals surface area contributed by atoms with Gasteiger partial charge in [0.25, 0.3) is 5.91 Å². The standard InChI is InChI=1S/C52H99N23O12/c1-30(68-46(82)34(15-10-21-57)69-40(78)28-66-50(86)41(38(76)25-58)75-51(87)42(39(77)26-59)74-44(80)32(60)12-2-5-17-53)43(79)73-37(24-31-27-63-29-67-31)49(85)72-35(14-4-7-19-55)47(83)71-36(16-11-23-65-52(61)62)48(84)70-33(13-3-6-18-54)45(81)64-22-9-8-20-56/h16,27,29-30,32-35,37-39,41-42,76-77H,2-15,17-26,28,53-60H2,1H3,(H,63,67)(H,64,81)(H,66,86)(H,68,82)(H,69,78)(H,70,84)(H,71,83)(H,72,85)(H,73,79)(H,74,80)(H,75,87)(H4,61,62,65)/b36-16-/t30?,32?,33-,34+,35-,37?,38-,39-,41?,42-/m0/s1. The van der Waals surface area contributed by atoms with Gasteiger partial charge >= 0.3 is 0 Å². The summed E-state index contributed by atoms with van der Waals surface area (Å²) in [7, 11) is 0. The van der Waals surface area contributed by atoms with E-state index in [1.54, 1.807) is 0 Å². The van der Waals surface area contributed by atoms with Gasteiger partial charge in [-0.1, -0.05) is 12.5 Å². The molecule has 33 N–H and O–H groups in total. The van der Waals surface area contributed by atoms with E-state index in [0.717, 1.165) is 0 Å². The molecule has 10 atom stereocenters. The summed E-state index contributed by atoms with van der Waals surface area (Å²) in [5, 5.41) is 46.2. The average molecular weight is 1240 g/mol. The van der Waals surface area contributed by atoms with E-state index in [1.165, 1.54) is 25.5 Å². The number of nitrogens with zero attached hydrogens (tertiary/aromatic N) is 2. The van der Waals surface area contributed by atoms with Crippen LogP contribution in [0.15, 0.2) is 29.3 Å². The molecule has 0 saturated heterocycles. The summed E-state index contributed by atoms with van der Waals surface area (Å²) in [6.07, 6.45) is 5.17. The molecule has 0 aliphatic rings. The molecule has 0 aromatic carbocycles. The highest BCUT2D eigenvalue weighted by molar-refractivity contribution is 6.02. The lowest BCUT2D eigenvalue weighted by Gasteiger charge is -2.28. The number of hydrogen-bond acceptors (Lipinski definition) is 22. The van der Waals surface area contributed by atoms with E-state index in [0.29, 0.717) is 83.2 Å². The molecule has 0 saturated carbocycles. The van der Waals surface area contributed by atoms with Gasteiger partial charge in [0.1, 0.15) is 48.0 Å². The highest BCUT2D eigenvalue weighted by atomic mass is 16.3. The number of nitrogens with two attached hydrogens (primary N) is 10. The molecule has 0 fully saturated rings. The summed E-state index contributed by atoms with van der Waals surface area (Å²) in [4.78, 5) is 147. The Kier molecular flexibility index (Phi) is 40.0. The van der Waals surface area contributed by atoms with E-state index in [4.69, 9.17) is 57.3 Å². The van der Waals surface area contributed by atoms with E-state index < -0.39 is 139 Å². The van der Waals surface area contributed by atoms with Crippen LogP contribution in [-0.2, 0) is 54.4 Å². The zero-order valence-corrected chi connectivity index (χ0v) is 49.8. The first-order valence-electron chi connectivity index (χ1n) is 29.3. The van der Waals surface area contributed by atoms with Gasteiger partial charge in [-0.25, -0.2) is 4.98 Å². The Morgan fingerprint density at radius 2 is 1.08 bits per heavy atom. The quantitative estimate of drug-likeness (QED) is 0.0125. The Morgan fingerprint density at radius 3 is 1.64 bits per heavy atom. The summed E-state index contributed by atoms with van der Waals surface area (Å²) in [6.45, 7) is 1.11. The van der Waals surface area contributed by atoms with Crippen molar-refractivity contribution in [3.63, 3.8) is 0 Å². The van der Waals surface area contributed by atoms with E-state index in [1.807, 2.05) is 0 Å². The van der Waals surface area contributed by atoms with Crippen molar-refractivity contribution in [1.29, 1.82) is 0 Å². The maximum absolute atomic E-state index is 14.3. The summed E-state index contributed by atoms with van der Waals surface area (Å²) >= 11 is 0. The molecule has 494 valence electrons. The van der Waals surface area contributed by atoms with Crippen molar-refractivity contribution in [3.8, 4) is 0 Å². The SMILES string of the molecule is CC(NC(=O)[C@@H](CCCN)NC(=O)CNC(=O)C(NC(=O)[C@@H](NC(=O)C(N)CCCCN)[C@@H](O)CN)[C@@H](O)CN)C(=O)NC(Cc1cnc[nH]1)C(=O)N[C@@H](CCCCN)C(=O)N/C(=C\CCN=C(N)N)C(=O)N[C@@H](CCCCN)C(=O)NCCCCN. The van der Waals surface area contributed by atoms with E-state index >= 15 is 0 Å². The second kappa shape index (κ2) is 44.9. The fourth-order valence-corrected chi connectivity index (χ4v) is 8.16. The first-order chi connectivity index (χ1) is 41.5. The monoisotopic (exact) mass is 1240 g/mol. The molecule has 1 aromatic heterocycles. The number of nitrogens with one attached hydrogen (secondary N) is 11. The molecule has 1 heterocycles. The molecule has 35 nitrogen and oxygen atoms in total. The predicted octanol–water partition coefficient (Wildman–Crippen LogP) is -9.91. The second-order valence-electron chi connectivity index (χ2n) is 20.5. The van der Waals surface area contributed by atoms with Gasteiger partial charge in [-0.3, -0.25) is 52.9 Å². The predicted molar refractivity (Wildman–Crippen MR) is 322 cm³/mol. The van der Waals surface area contributed by atoms with E-state index in [2.05, 4.69) is 68.1 Å². The molecule has 0 spiro atoms. The van der Waals surface area contributed by atoms with Crippen molar-refractivity contribution in [3.05, 3.63) is 30.0 Å². The molecule has 4 unspecified atom stereocenters. The van der Waals surface area contributed by atoms with Crippen LogP contribution in [0.5, 0.6) is 0 Å². The molecule has 35 heteroatoms. The van der Waals surface area contributed by atoms with Gasteiger partial charge in [0.15, 0.2) is 5.96 Å². The first-order valence-corrected chi connectivity index (χ1v) is 29.3. The molecule has 0 radical (unpaired) electrons. The lowest BCUT2D eigenvalue weighted by atomic mass is 10.1. The van der Waals surface area contributed by atoms with Gasteiger partial charge in [0.05, 0.1) is 31.1 Å². The maximum Gasteiger partial charge on any atom is 0.268 e. The number of aromatic nitrogens is 2. The summed E-state index contributed by atoms with van der Waals surface area (Å²) in [5.74, 6) is -9.08. The number of rotatable bonds is 47. The number of aromatic amines is 1. The highest BCUT2D eigenvalue weighted by Gasteiger charge is 2.36. The van der Waals surface area contributed by atoms with E-state index in [9.17, 15) is 58.2 Å². The molecule has 10 amide bonds. The van der Waals surface area contributed by atoms with Crippen LogP contribution in [-0.4, -0.2) is 211 Å². The van der Waals surface area contributed by atoms with Crippen LogP contribution in [0.4, 0.5) is 0 Å². The van der Waals surface area contributed by atoms with Crippen LogP contribution in [0.3, 0.4) is 0 Å². The number of carbonyl (C=O) groups excluding carboxylic acids is 10. The Balaban J connectivity index is 3.38. The third-order valence-electron chi connectivity index (χ3n) is 13.2. The van der Waals surface area contributed by atoms with Crippen molar-refractivity contribution >= 4 is 65.0 Å². The molecule has 1 rings (SSSR count). The number of unbranched alkanes of at least 4 members (excludes halogenated alkanes) is 4. The third-order valence-corrected chi connectivity index (χ3v) is 13.2. The smallest absolute Gasteiger partial charge is 0.268 e. The molecule has 1 aromatic rings. The van der Waals surface area contributed by atoms with E-state index in [-0.39, 0.29) is 76.2 Å². The van der Waals surface area contributed by atoms with Crippen LogP contribution in [0.25, 0.3) is 0 Å². The summed E-state index contributed by atoms with van der Waals surface area (Å²) in [5.41, 5.74) is 56.5. The normalized spacial score (nSPS) is 14.8. The molecular formula is C52H99N23O12. The lowest BCUT2D eigenvalue weighted by Crippen LogP contribution is -2.63. The van der Waals surface area contributed by atoms with Crippen molar-refractivity contribution < 1.29 is 58.2 Å². The zero-order valence-electron chi connectivity index (χ0n) is 49.8. The number of imidazole rings is 1. The molecule has 0 bridgehead atoms. The van der Waals surface area contributed by atoms with Crippen LogP contribution >= 0.6 is 0 Å². The van der Waals surface area contributed by atoms with Crippen molar-refractivity contribution in [2.75, 3.05) is 65.4 Å². The number of aliphatic hydroxyl groups excluding tert-OH is 2. The molecule has 0 aliphatic carbocycles. The van der Waals surface area contributed by atoms with Crippen LogP contribution in [0, 0.1) is 0 Å². The number of carbonyl (C=O) groups is 10. The van der Waals surface area contributed by atoms with Crippen LogP contribution in [0.2, 0.25) is 0 Å². The zero-order chi connectivity index (χ0) is 65.3. The first kappa shape index (κ1) is 77.5. The second-order valence-corrected chi connectivity index (χ2v) is 20.5. The fourth-order valence-electron chi connectivity index (χ4n) is 8.16. The maximum atomic E-state index is 14.3. The molecular weight excluding hydrogens is 1140 g/mol. The Labute approximate surface area is 506 Å². The summed E-state index contributed by atoms with van der Waals surface area (Å²) < 4.78 is 0. The minimum atomic E-state index is -1.84. The molecule has 87 heavy (non-hydrogen) atoms. The van der Waals surface area contributed by atoms with Crippen molar-refractivity contribution in [1.82, 2.24) is 63.1 Å². The summed E-state index contributed by atoms with van der Waals surface area (Å²) in [6, 6.07) is -11.2. The number of aliphatic imine (C=N–C) groups is 1. The lowest BCUT2D eigenvalue weighted by molar-refractivity contribution is -0.137. The number of H-pyrrole nitrogens is 1.